The maximum absolute atomic E-state index is 13.2. The molecule has 7 heteroatoms. The molecule has 0 spiro atoms. The summed E-state index contributed by atoms with van der Waals surface area (Å²) < 4.78 is 2.80. The topological polar surface area (TPSA) is 51.1 Å². The highest BCUT2D eigenvalue weighted by Crippen LogP contribution is 2.64. The summed E-state index contributed by atoms with van der Waals surface area (Å²) in [6, 6.07) is 16.3. The van der Waals surface area contributed by atoms with Crippen molar-refractivity contribution < 1.29 is 4.79 Å². The van der Waals surface area contributed by atoms with Gasteiger partial charge in [-0.05, 0) is 73.8 Å². The van der Waals surface area contributed by atoms with Crippen LogP contribution in [-0.4, -0.2) is 15.7 Å². The minimum absolute atomic E-state index is 0.0288. The van der Waals surface area contributed by atoms with Crippen LogP contribution in [0.2, 0.25) is 0 Å². The Labute approximate surface area is 209 Å². The molecule has 1 amide bonds. The summed E-state index contributed by atoms with van der Waals surface area (Å²) in [6.07, 6.45) is 3.91. The van der Waals surface area contributed by atoms with Crippen molar-refractivity contribution in [3.8, 4) is 0 Å². The number of fused-ring (bicyclic) bond motifs is 6. The molecule has 2 heterocycles. The van der Waals surface area contributed by atoms with Gasteiger partial charge in [-0.15, -0.1) is 11.8 Å². The zero-order valence-corrected chi connectivity index (χ0v) is 21.5. The second-order valence-corrected chi connectivity index (χ2v) is 12.6. The zero-order valence-electron chi connectivity index (χ0n) is 18.3. The SMILES string of the molecule is Cc1ccc(NC(=O)Cn2c3c(sc2=O)[C@@H](c2cccc(Br)c2)[C@@H]2[C@H]4CC[C@@H](C4)[C@H]2S3)cc1. The first kappa shape index (κ1) is 21.7. The standard InChI is InChI=1S/C26H25BrN2O2S2/c1-14-5-9-19(10-6-14)28-20(30)13-29-25-24(33-26(29)31)22(15-3-2-4-18(27)12-15)21-16-7-8-17(11-16)23(21)32-25/h2-6,9-10,12,16-17,21-23H,7-8,11,13H2,1H3,(H,28,30)/t16-,17-,21-,22-,23+/m0/s1. The van der Waals surface area contributed by atoms with Gasteiger partial charge < -0.3 is 5.32 Å². The first-order chi connectivity index (χ1) is 16.0. The maximum atomic E-state index is 13.2. The van der Waals surface area contributed by atoms with E-state index in [2.05, 4.69) is 45.5 Å². The molecule has 33 heavy (non-hydrogen) atoms. The molecule has 2 fully saturated rings. The molecule has 170 valence electrons. The van der Waals surface area contributed by atoms with Gasteiger partial charge in [0.15, 0.2) is 0 Å². The van der Waals surface area contributed by atoms with Crippen molar-refractivity contribution >= 4 is 50.6 Å². The predicted molar refractivity (Wildman–Crippen MR) is 138 cm³/mol. The largest absolute Gasteiger partial charge is 0.325 e. The number of carbonyl (C=O) groups is 1. The third kappa shape index (κ3) is 3.82. The third-order valence-electron chi connectivity index (χ3n) is 7.54. The van der Waals surface area contributed by atoms with Gasteiger partial charge in [0.05, 0.1) is 5.03 Å². The Kier molecular flexibility index (Phi) is 5.54. The molecule has 0 unspecified atom stereocenters. The number of benzene rings is 2. The minimum Gasteiger partial charge on any atom is -0.325 e. The number of carbonyl (C=O) groups excluding carboxylic acids is 1. The van der Waals surface area contributed by atoms with Gasteiger partial charge in [-0.3, -0.25) is 14.2 Å². The Morgan fingerprint density at radius 2 is 1.94 bits per heavy atom. The quantitative estimate of drug-likeness (QED) is 0.424. The van der Waals surface area contributed by atoms with E-state index in [4.69, 9.17) is 0 Å². The summed E-state index contributed by atoms with van der Waals surface area (Å²) in [5, 5.41) is 4.50. The number of nitrogens with one attached hydrogen (secondary N) is 1. The molecule has 1 aliphatic heterocycles. The fraction of sp³-hybridized carbons (Fsp3) is 0.385. The molecule has 2 bridgehead atoms. The molecule has 5 atom stereocenters. The van der Waals surface area contributed by atoms with Crippen LogP contribution in [0.5, 0.6) is 0 Å². The van der Waals surface area contributed by atoms with Crippen molar-refractivity contribution in [3.05, 3.63) is 78.7 Å². The van der Waals surface area contributed by atoms with Crippen molar-refractivity contribution in [1.29, 1.82) is 0 Å². The van der Waals surface area contributed by atoms with Crippen molar-refractivity contribution in [3.63, 3.8) is 0 Å². The summed E-state index contributed by atoms with van der Waals surface area (Å²) in [5.74, 6) is 2.11. The lowest BCUT2D eigenvalue weighted by Gasteiger charge is -2.40. The summed E-state index contributed by atoms with van der Waals surface area (Å²) in [7, 11) is 0. The fourth-order valence-electron chi connectivity index (χ4n) is 6.14. The summed E-state index contributed by atoms with van der Waals surface area (Å²) in [5.41, 5.74) is 3.19. The first-order valence-corrected chi connectivity index (χ1v) is 14.0. The van der Waals surface area contributed by atoms with E-state index in [9.17, 15) is 9.59 Å². The molecule has 6 rings (SSSR count). The van der Waals surface area contributed by atoms with Gasteiger partial charge in [0.2, 0.25) is 5.91 Å². The van der Waals surface area contributed by atoms with Gasteiger partial charge in [-0.2, -0.15) is 0 Å². The number of aromatic nitrogens is 1. The molecule has 2 aliphatic carbocycles. The van der Waals surface area contributed by atoms with E-state index >= 15 is 0 Å². The summed E-state index contributed by atoms with van der Waals surface area (Å²) >= 11 is 6.87. The molecule has 2 aromatic carbocycles. The highest BCUT2D eigenvalue weighted by atomic mass is 79.9. The molecule has 0 radical (unpaired) electrons. The van der Waals surface area contributed by atoms with Gasteiger partial charge in [-0.25, -0.2) is 0 Å². The average molecular weight is 542 g/mol. The van der Waals surface area contributed by atoms with Crippen LogP contribution in [0, 0.1) is 24.7 Å². The fourth-order valence-corrected chi connectivity index (χ4v) is 9.71. The van der Waals surface area contributed by atoms with Crippen LogP contribution in [0.25, 0.3) is 0 Å². The van der Waals surface area contributed by atoms with Gasteiger partial charge in [-0.1, -0.05) is 57.1 Å². The minimum atomic E-state index is -0.156. The number of halogens is 1. The second-order valence-electron chi connectivity index (χ2n) is 9.56. The number of thioether (sulfide) groups is 1. The highest BCUT2D eigenvalue weighted by molar-refractivity contribution is 9.10. The van der Waals surface area contributed by atoms with E-state index in [1.54, 1.807) is 4.57 Å². The Bertz CT molecular complexity index is 1280. The van der Waals surface area contributed by atoms with Gasteiger partial charge in [0.1, 0.15) is 6.54 Å². The molecular weight excluding hydrogens is 516 g/mol. The molecule has 0 saturated heterocycles. The number of nitrogens with zero attached hydrogens (tertiary/aromatic N) is 1. The van der Waals surface area contributed by atoms with E-state index < -0.39 is 0 Å². The van der Waals surface area contributed by atoms with Crippen molar-refractivity contribution in [2.45, 2.75) is 48.9 Å². The van der Waals surface area contributed by atoms with E-state index in [-0.39, 0.29) is 23.2 Å². The van der Waals surface area contributed by atoms with Crippen LogP contribution in [0.3, 0.4) is 0 Å². The number of hydrogen-bond donors (Lipinski definition) is 1. The van der Waals surface area contributed by atoms with Gasteiger partial charge in [0, 0.05) is 26.2 Å². The zero-order chi connectivity index (χ0) is 22.7. The molecule has 1 N–H and O–H groups in total. The van der Waals surface area contributed by atoms with Gasteiger partial charge in [0.25, 0.3) is 0 Å². The normalized spacial score (nSPS) is 27.3. The molecule has 2 saturated carbocycles. The Morgan fingerprint density at radius 3 is 2.73 bits per heavy atom. The Morgan fingerprint density at radius 1 is 1.15 bits per heavy atom. The van der Waals surface area contributed by atoms with Crippen molar-refractivity contribution in [2.24, 2.45) is 17.8 Å². The lowest BCUT2D eigenvalue weighted by Crippen LogP contribution is -2.34. The number of aryl methyl sites for hydroxylation is 1. The number of rotatable bonds is 4. The molecule has 3 aliphatic rings. The van der Waals surface area contributed by atoms with Crippen LogP contribution >= 0.6 is 39.0 Å². The lowest BCUT2D eigenvalue weighted by atomic mass is 9.75. The number of anilines is 1. The van der Waals surface area contributed by atoms with Gasteiger partial charge >= 0.3 is 4.87 Å². The van der Waals surface area contributed by atoms with Crippen LogP contribution in [0.4, 0.5) is 5.69 Å². The van der Waals surface area contributed by atoms with Crippen molar-refractivity contribution in [2.75, 3.05) is 5.32 Å². The van der Waals surface area contributed by atoms with Crippen LogP contribution in [-0.2, 0) is 11.3 Å². The molecule has 4 nitrogen and oxygen atoms in total. The highest BCUT2D eigenvalue weighted by Gasteiger charge is 2.55. The van der Waals surface area contributed by atoms with E-state index in [1.807, 2.05) is 43.0 Å². The average Bonchev–Trinajstić information content (AvgIpc) is 3.48. The van der Waals surface area contributed by atoms with E-state index in [0.29, 0.717) is 11.2 Å². The molecule has 3 aromatic rings. The Hall–Kier alpha value is -1.83. The molecule has 1 aromatic heterocycles. The maximum Gasteiger partial charge on any atom is 0.308 e. The van der Waals surface area contributed by atoms with Crippen LogP contribution in [0.1, 0.15) is 41.2 Å². The number of hydrogen-bond acceptors (Lipinski definition) is 4. The van der Waals surface area contributed by atoms with E-state index in [1.165, 1.54) is 36.2 Å². The predicted octanol–water partition coefficient (Wildman–Crippen LogP) is 6.27. The lowest BCUT2D eigenvalue weighted by molar-refractivity contribution is -0.116. The van der Waals surface area contributed by atoms with E-state index in [0.717, 1.165) is 37.5 Å². The van der Waals surface area contributed by atoms with Crippen molar-refractivity contribution in [1.82, 2.24) is 4.57 Å². The smallest absolute Gasteiger partial charge is 0.308 e. The second kappa shape index (κ2) is 8.43. The third-order valence-corrected chi connectivity index (χ3v) is 10.9. The van der Waals surface area contributed by atoms with Crippen LogP contribution in [0.15, 0.2) is 62.8 Å². The monoisotopic (exact) mass is 540 g/mol. The first-order valence-electron chi connectivity index (χ1n) is 11.5. The summed E-state index contributed by atoms with van der Waals surface area (Å²) in [6.45, 7) is 2.08. The molecular formula is C26H25BrN2O2S2. The number of amides is 1. The number of thiazole rings is 1. The Balaban J connectivity index is 1.37. The summed E-state index contributed by atoms with van der Waals surface area (Å²) in [4.78, 5) is 27.2. The van der Waals surface area contributed by atoms with Crippen LogP contribution < -0.4 is 10.2 Å².